The lowest BCUT2D eigenvalue weighted by molar-refractivity contribution is -0.302. The monoisotopic (exact) mass is 223 g/mol. The Morgan fingerprint density at radius 2 is 1.57 bits per heavy atom. The fraction of sp³-hybridized carbons (Fsp3) is 0.400. The third-order valence-corrected chi connectivity index (χ3v) is 1.38. The van der Waals surface area contributed by atoms with Crippen molar-refractivity contribution in [2.75, 3.05) is 0 Å². The van der Waals surface area contributed by atoms with Crippen LogP contribution in [0.5, 0.6) is 0 Å². The van der Waals surface area contributed by atoms with Crippen molar-refractivity contribution in [2.24, 2.45) is 0 Å². The Morgan fingerprint density at radius 3 is 1.71 bits per heavy atom. The van der Waals surface area contributed by atoms with Gasteiger partial charge in [-0.15, -0.1) is 13.2 Å². The number of amides is 1. The van der Waals surface area contributed by atoms with Crippen molar-refractivity contribution in [2.45, 2.75) is 12.3 Å². The van der Waals surface area contributed by atoms with E-state index >= 15 is 0 Å². The van der Waals surface area contributed by atoms with Crippen molar-refractivity contribution in [3.05, 3.63) is 11.7 Å². The molecule has 1 amide bonds. The Hall–Kier alpha value is -1.28. The van der Waals surface area contributed by atoms with Crippen molar-refractivity contribution >= 4 is 5.91 Å². The van der Waals surface area contributed by atoms with Crippen LogP contribution in [-0.2, 0) is 4.79 Å². The minimum Gasteiger partial charge on any atom is -0.266 e. The fourth-order valence-electron chi connectivity index (χ4n) is 0.824. The van der Waals surface area contributed by atoms with Crippen LogP contribution in [0.1, 0.15) is 0 Å². The number of rotatable bonds is 0. The molecule has 2 nitrogen and oxygen atoms in total. The average Bonchev–Trinajstić information content (AvgIpc) is 2.10. The molecule has 0 fully saturated rings. The van der Waals surface area contributed by atoms with Crippen LogP contribution in [0.4, 0.5) is 30.7 Å². The highest BCUT2D eigenvalue weighted by atomic mass is 19.4. The lowest BCUT2D eigenvalue weighted by Crippen LogP contribution is -2.50. The van der Waals surface area contributed by atoms with E-state index in [2.05, 4.69) is 0 Å². The number of hydrogen-bond acceptors (Lipinski definition) is 1. The zero-order valence-electron chi connectivity index (χ0n) is 6.00. The van der Waals surface area contributed by atoms with E-state index in [1.807, 2.05) is 0 Å². The van der Waals surface area contributed by atoms with Crippen molar-refractivity contribution < 1.29 is 35.5 Å². The number of carbonyl (C=O) groups excluding carboxylic acids is 1. The molecule has 0 atom stereocenters. The number of halogens is 7. The summed E-state index contributed by atoms with van der Waals surface area (Å²) in [6, 6.07) is -5.31. The number of nitrogens with zero attached hydrogens (tertiary/aromatic N) is 1. The Morgan fingerprint density at radius 1 is 1.14 bits per heavy atom. The predicted octanol–water partition coefficient (Wildman–Crippen LogP) is 2.09. The molecule has 80 valence electrons. The van der Waals surface area contributed by atoms with Crippen molar-refractivity contribution in [1.82, 2.24) is 4.90 Å². The largest absolute Gasteiger partial charge is 0.492 e. The molecule has 0 N–H and O–H groups in total. The summed E-state index contributed by atoms with van der Waals surface area (Å²) in [7, 11) is 0. The average molecular weight is 223 g/mol. The van der Waals surface area contributed by atoms with Gasteiger partial charge in [-0.25, -0.2) is 0 Å². The van der Waals surface area contributed by atoms with Gasteiger partial charge in [0.2, 0.25) is 11.7 Å². The van der Waals surface area contributed by atoms with E-state index in [4.69, 9.17) is 0 Å². The molecule has 0 saturated carbocycles. The van der Waals surface area contributed by atoms with Gasteiger partial charge in [0, 0.05) is 0 Å². The molecule has 0 spiro atoms. The lowest BCUT2D eigenvalue weighted by atomic mass is 10.5. The SMILES string of the molecule is O=C1C(F)=C(F)C(F)(F)N1C(F)(F)F. The third-order valence-electron chi connectivity index (χ3n) is 1.38. The molecule has 1 aliphatic rings. The molecule has 1 aliphatic heterocycles. The van der Waals surface area contributed by atoms with Crippen LogP contribution in [0.3, 0.4) is 0 Å². The van der Waals surface area contributed by atoms with E-state index in [1.165, 1.54) is 0 Å². The van der Waals surface area contributed by atoms with Gasteiger partial charge in [0.25, 0.3) is 5.91 Å². The minimum atomic E-state index is -5.84. The van der Waals surface area contributed by atoms with E-state index < -0.39 is 34.8 Å². The third kappa shape index (κ3) is 1.23. The Bertz CT molecular complexity index is 317. The van der Waals surface area contributed by atoms with Crippen molar-refractivity contribution in [1.29, 1.82) is 0 Å². The summed E-state index contributed by atoms with van der Waals surface area (Å²) in [6.07, 6.45) is -5.84. The van der Waals surface area contributed by atoms with Crippen LogP contribution >= 0.6 is 0 Å². The van der Waals surface area contributed by atoms with Crippen LogP contribution in [0.25, 0.3) is 0 Å². The second kappa shape index (κ2) is 2.61. The first-order valence-electron chi connectivity index (χ1n) is 2.95. The second-order valence-corrected chi connectivity index (χ2v) is 2.28. The molecule has 0 saturated heterocycles. The van der Waals surface area contributed by atoms with Crippen molar-refractivity contribution in [3.8, 4) is 0 Å². The lowest BCUT2D eigenvalue weighted by Gasteiger charge is -2.25. The molecule has 0 radical (unpaired) electrons. The molecule has 0 aromatic carbocycles. The highest BCUT2D eigenvalue weighted by molar-refractivity contribution is 5.95. The van der Waals surface area contributed by atoms with Gasteiger partial charge in [-0.3, -0.25) is 4.79 Å². The van der Waals surface area contributed by atoms with Gasteiger partial charge in [-0.1, -0.05) is 0 Å². The van der Waals surface area contributed by atoms with Crippen molar-refractivity contribution in [3.63, 3.8) is 0 Å². The summed E-state index contributed by atoms with van der Waals surface area (Å²) >= 11 is 0. The molecule has 0 aromatic heterocycles. The van der Waals surface area contributed by atoms with Gasteiger partial charge in [-0.05, 0) is 0 Å². The van der Waals surface area contributed by atoms with Gasteiger partial charge in [0.05, 0.1) is 0 Å². The molecular formula is C5F7NO. The zero-order valence-corrected chi connectivity index (χ0v) is 6.00. The van der Waals surface area contributed by atoms with E-state index in [0.717, 1.165) is 0 Å². The summed E-state index contributed by atoms with van der Waals surface area (Å²) in [5, 5.41) is 0. The maximum Gasteiger partial charge on any atom is 0.492 e. The van der Waals surface area contributed by atoms with E-state index in [0.29, 0.717) is 0 Å². The summed E-state index contributed by atoms with van der Waals surface area (Å²) in [6.45, 7) is 0. The summed E-state index contributed by atoms with van der Waals surface area (Å²) in [4.78, 5) is 8.12. The standard InChI is InChI=1S/C5F7NO/c6-1-2(7)4(8,9)13(3(1)14)5(10,11)12. The minimum absolute atomic E-state index is 2.11. The summed E-state index contributed by atoms with van der Waals surface area (Å²) in [5.74, 6) is -8.49. The molecule has 9 heteroatoms. The normalized spacial score (nSPS) is 22.2. The topological polar surface area (TPSA) is 20.3 Å². The maximum absolute atomic E-state index is 12.3. The Labute approximate surface area is 71.6 Å². The molecule has 0 bridgehead atoms. The number of carbonyl (C=O) groups is 1. The molecule has 1 rings (SSSR count). The van der Waals surface area contributed by atoms with Crippen LogP contribution in [0.15, 0.2) is 11.7 Å². The van der Waals surface area contributed by atoms with Crippen LogP contribution in [0.2, 0.25) is 0 Å². The first-order chi connectivity index (χ1) is 6.10. The van der Waals surface area contributed by atoms with Crippen LogP contribution < -0.4 is 0 Å². The van der Waals surface area contributed by atoms with E-state index in [-0.39, 0.29) is 0 Å². The highest BCUT2D eigenvalue weighted by Crippen LogP contribution is 2.45. The zero-order chi connectivity index (χ0) is 11.3. The maximum atomic E-state index is 12.3. The Balaban J connectivity index is 3.23. The second-order valence-electron chi connectivity index (χ2n) is 2.28. The van der Waals surface area contributed by atoms with E-state index in [1.54, 1.807) is 0 Å². The van der Waals surface area contributed by atoms with Gasteiger partial charge < -0.3 is 0 Å². The molecule has 1 heterocycles. The molecule has 0 aliphatic carbocycles. The fourth-order valence-corrected chi connectivity index (χ4v) is 0.824. The smallest absolute Gasteiger partial charge is 0.266 e. The Kier molecular flexibility index (Phi) is 2.01. The van der Waals surface area contributed by atoms with Gasteiger partial charge in [0.1, 0.15) is 0 Å². The highest BCUT2D eigenvalue weighted by Gasteiger charge is 2.65. The van der Waals surface area contributed by atoms with Gasteiger partial charge >= 0.3 is 12.3 Å². The van der Waals surface area contributed by atoms with Crippen LogP contribution in [-0.4, -0.2) is 23.2 Å². The van der Waals surface area contributed by atoms with Gasteiger partial charge in [-0.2, -0.15) is 22.5 Å². The van der Waals surface area contributed by atoms with Crippen LogP contribution in [0, 0.1) is 0 Å². The van der Waals surface area contributed by atoms with E-state index in [9.17, 15) is 35.5 Å². The number of alkyl halides is 5. The van der Waals surface area contributed by atoms with Gasteiger partial charge in [0.15, 0.2) is 0 Å². The first-order valence-corrected chi connectivity index (χ1v) is 2.95. The first kappa shape index (κ1) is 10.8. The predicted molar refractivity (Wildman–Crippen MR) is 27.1 cm³/mol. The summed E-state index contributed by atoms with van der Waals surface area (Å²) in [5.41, 5.74) is 0. The molecule has 0 aromatic rings. The summed E-state index contributed by atoms with van der Waals surface area (Å²) < 4.78 is 84.0. The molecule has 14 heavy (non-hydrogen) atoms. The number of hydrogen-bond donors (Lipinski definition) is 0. The quantitative estimate of drug-likeness (QED) is 0.454. The molecular weight excluding hydrogens is 223 g/mol. The molecule has 0 unspecified atom stereocenters.